The second kappa shape index (κ2) is 11.0. The molecular formula is C45H28N2O2. The number of oxazole rings is 1. The van der Waals surface area contributed by atoms with E-state index in [4.69, 9.17) is 13.8 Å². The van der Waals surface area contributed by atoms with E-state index >= 15 is 0 Å². The van der Waals surface area contributed by atoms with Crippen molar-refractivity contribution in [3.05, 3.63) is 170 Å². The Balaban J connectivity index is 1.22. The summed E-state index contributed by atoms with van der Waals surface area (Å²) in [7, 11) is 0. The Morgan fingerprint density at radius 1 is 0.408 bits per heavy atom. The average molecular weight is 629 g/mol. The summed E-state index contributed by atoms with van der Waals surface area (Å²) in [5, 5.41) is 6.58. The van der Waals surface area contributed by atoms with Gasteiger partial charge in [-0.15, -0.1) is 0 Å². The second-order valence-corrected chi connectivity index (χ2v) is 12.4. The highest BCUT2D eigenvalue weighted by molar-refractivity contribution is 6.23. The molecule has 0 fully saturated rings. The van der Waals surface area contributed by atoms with Crippen molar-refractivity contribution in [2.45, 2.75) is 0 Å². The molecule has 10 rings (SSSR count). The molecule has 230 valence electrons. The number of rotatable bonds is 5. The smallest absolute Gasteiger partial charge is 0.227 e. The molecule has 0 unspecified atom stereocenters. The van der Waals surface area contributed by atoms with Gasteiger partial charge in [0.25, 0.3) is 0 Å². The van der Waals surface area contributed by atoms with Gasteiger partial charge in [-0.1, -0.05) is 103 Å². The third kappa shape index (κ3) is 4.49. The molecule has 8 aromatic carbocycles. The highest BCUT2D eigenvalue weighted by Crippen LogP contribution is 2.45. The molecule has 0 aliphatic heterocycles. The Morgan fingerprint density at radius 2 is 1.06 bits per heavy atom. The standard InChI is InChI=1S/C45H28N2O2/c1-4-13-29(14-5-1)31-17-12-20-34(25-31)47(33-18-8-3-9-19-33)39-26-32-27-42-38(28-37(32)35-21-10-11-22-36(35)39)43-40(48-42)23-24-41-44(43)46-45(49-41)30-15-6-2-7-16-30/h1-28H. The first-order valence-corrected chi connectivity index (χ1v) is 16.5. The normalized spacial score (nSPS) is 11.7. The Labute approximate surface area is 282 Å². The van der Waals surface area contributed by atoms with Crippen molar-refractivity contribution >= 4 is 71.6 Å². The van der Waals surface area contributed by atoms with Crippen molar-refractivity contribution in [2.24, 2.45) is 0 Å². The van der Waals surface area contributed by atoms with Crippen molar-refractivity contribution < 1.29 is 8.83 Å². The average Bonchev–Trinajstić information content (AvgIpc) is 3.77. The summed E-state index contributed by atoms with van der Waals surface area (Å²) in [6.07, 6.45) is 0. The fraction of sp³-hybridized carbons (Fsp3) is 0. The summed E-state index contributed by atoms with van der Waals surface area (Å²) in [5.74, 6) is 0.602. The van der Waals surface area contributed by atoms with Gasteiger partial charge in [-0.3, -0.25) is 0 Å². The van der Waals surface area contributed by atoms with Crippen LogP contribution in [0.3, 0.4) is 0 Å². The third-order valence-electron chi connectivity index (χ3n) is 9.44. The van der Waals surface area contributed by atoms with E-state index in [0.29, 0.717) is 5.89 Å². The minimum absolute atomic E-state index is 0.602. The summed E-state index contributed by atoms with van der Waals surface area (Å²) in [6.45, 7) is 0. The van der Waals surface area contributed by atoms with Crippen LogP contribution in [0.4, 0.5) is 17.1 Å². The van der Waals surface area contributed by atoms with Crippen molar-refractivity contribution in [3.8, 4) is 22.6 Å². The first-order valence-electron chi connectivity index (χ1n) is 16.5. The van der Waals surface area contributed by atoms with E-state index in [2.05, 4.69) is 132 Å². The molecule has 0 saturated carbocycles. The molecule has 0 radical (unpaired) electrons. The van der Waals surface area contributed by atoms with Gasteiger partial charge in [0.05, 0.1) is 11.1 Å². The molecule has 4 heteroatoms. The summed E-state index contributed by atoms with van der Waals surface area (Å²) >= 11 is 0. The first kappa shape index (κ1) is 27.5. The van der Waals surface area contributed by atoms with Crippen molar-refractivity contribution in [3.63, 3.8) is 0 Å². The zero-order chi connectivity index (χ0) is 32.3. The number of hydrogen-bond donors (Lipinski definition) is 0. The third-order valence-corrected chi connectivity index (χ3v) is 9.44. The van der Waals surface area contributed by atoms with Crippen LogP contribution >= 0.6 is 0 Å². The van der Waals surface area contributed by atoms with Gasteiger partial charge in [-0.2, -0.15) is 0 Å². The maximum absolute atomic E-state index is 6.53. The van der Waals surface area contributed by atoms with Crippen molar-refractivity contribution in [1.82, 2.24) is 4.98 Å². The number of benzene rings is 8. The number of nitrogens with zero attached hydrogens (tertiary/aromatic N) is 2. The van der Waals surface area contributed by atoms with Crippen LogP contribution < -0.4 is 4.90 Å². The number of furan rings is 1. The van der Waals surface area contributed by atoms with Crippen LogP contribution in [0.2, 0.25) is 0 Å². The van der Waals surface area contributed by atoms with Crippen LogP contribution in [0.25, 0.3) is 77.2 Å². The van der Waals surface area contributed by atoms with Crippen molar-refractivity contribution in [1.29, 1.82) is 0 Å². The number of para-hydroxylation sites is 1. The first-order chi connectivity index (χ1) is 24.3. The predicted octanol–water partition coefficient (Wildman–Crippen LogP) is 12.8. The highest BCUT2D eigenvalue weighted by Gasteiger charge is 2.21. The van der Waals surface area contributed by atoms with Crippen molar-refractivity contribution in [2.75, 3.05) is 4.90 Å². The fourth-order valence-corrected chi connectivity index (χ4v) is 7.18. The van der Waals surface area contributed by atoms with E-state index in [1.165, 1.54) is 16.5 Å². The zero-order valence-electron chi connectivity index (χ0n) is 26.4. The lowest BCUT2D eigenvalue weighted by Gasteiger charge is -2.28. The number of aromatic nitrogens is 1. The molecule has 0 atom stereocenters. The molecule has 0 saturated heterocycles. The van der Waals surface area contributed by atoms with E-state index in [1.54, 1.807) is 0 Å². The quantitative estimate of drug-likeness (QED) is 0.178. The van der Waals surface area contributed by atoms with Crippen LogP contribution in [0.15, 0.2) is 179 Å². The van der Waals surface area contributed by atoms with Crippen LogP contribution in [0, 0.1) is 0 Å². The van der Waals surface area contributed by atoms with E-state index in [-0.39, 0.29) is 0 Å². The Morgan fingerprint density at radius 3 is 1.86 bits per heavy atom. The molecule has 2 heterocycles. The molecule has 4 nitrogen and oxygen atoms in total. The van der Waals surface area contributed by atoms with E-state index < -0.39 is 0 Å². The molecule has 10 aromatic rings. The number of hydrogen-bond acceptors (Lipinski definition) is 4. The monoisotopic (exact) mass is 628 g/mol. The van der Waals surface area contributed by atoms with Gasteiger partial charge in [0.1, 0.15) is 16.7 Å². The Kier molecular flexibility index (Phi) is 6.15. The SMILES string of the molecule is c1ccc(-c2cccc(N(c3ccccc3)c3cc4cc5oc6ccc7oc(-c8ccccc8)nc7c6c5cc4c4ccccc34)c2)cc1. The maximum Gasteiger partial charge on any atom is 0.227 e. The topological polar surface area (TPSA) is 42.4 Å². The Bertz CT molecular complexity index is 2820. The molecule has 49 heavy (non-hydrogen) atoms. The molecule has 0 amide bonds. The minimum atomic E-state index is 0.602. The molecular weight excluding hydrogens is 601 g/mol. The number of fused-ring (bicyclic) bond motifs is 8. The van der Waals surface area contributed by atoms with Gasteiger partial charge in [0, 0.05) is 27.7 Å². The highest BCUT2D eigenvalue weighted by atomic mass is 16.4. The van der Waals surface area contributed by atoms with Gasteiger partial charge < -0.3 is 13.7 Å². The Hall–Kier alpha value is -6.65. The summed E-state index contributed by atoms with van der Waals surface area (Å²) in [6, 6.07) is 59.3. The maximum atomic E-state index is 6.53. The molecule has 0 aliphatic rings. The summed E-state index contributed by atoms with van der Waals surface area (Å²) < 4.78 is 12.8. The second-order valence-electron chi connectivity index (χ2n) is 12.4. The largest absolute Gasteiger partial charge is 0.456 e. The lowest BCUT2D eigenvalue weighted by atomic mass is 9.97. The van der Waals surface area contributed by atoms with Crippen LogP contribution in [0.5, 0.6) is 0 Å². The molecule has 0 spiro atoms. The lowest BCUT2D eigenvalue weighted by Crippen LogP contribution is -2.10. The van der Waals surface area contributed by atoms with E-state index in [9.17, 15) is 0 Å². The summed E-state index contributed by atoms with van der Waals surface area (Å²) in [4.78, 5) is 7.34. The molecule has 0 N–H and O–H groups in total. The van der Waals surface area contributed by atoms with Gasteiger partial charge >= 0.3 is 0 Å². The van der Waals surface area contributed by atoms with Crippen LogP contribution in [-0.4, -0.2) is 4.98 Å². The predicted molar refractivity (Wildman–Crippen MR) is 202 cm³/mol. The van der Waals surface area contributed by atoms with Gasteiger partial charge in [0.15, 0.2) is 5.58 Å². The van der Waals surface area contributed by atoms with Crippen LogP contribution in [-0.2, 0) is 0 Å². The van der Waals surface area contributed by atoms with Gasteiger partial charge in [0.2, 0.25) is 5.89 Å². The van der Waals surface area contributed by atoms with Gasteiger partial charge in [-0.05, 0) is 94.0 Å². The fourth-order valence-electron chi connectivity index (χ4n) is 7.18. The number of anilines is 3. The zero-order valence-corrected chi connectivity index (χ0v) is 26.4. The molecule has 0 aliphatic carbocycles. The van der Waals surface area contributed by atoms with E-state index in [0.717, 1.165) is 71.8 Å². The van der Waals surface area contributed by atoms with Gasteiger partial charge in [-0.25, -0.2) is 4.98 Å². The molecule has 2 aromatic heterocycles. The minimum Gasteiger partial charge on any atom is -0.456 e. The van der Waals surface area contributed by atoms with E-state index in [1.807, 2.05) is 42.5 Å². The van der Waals surface area contributed by atoms with Crippen LogP contribution in [0.1, 0.15) is 0 Å². The summed E-state index contributed by atoms with van der Waals surface area (Å²) in [5.41, 5.74) is 9.73. The lowest BCUT2D eigenvalue weighted by molar-refractivity contribution is 0.619. The molecule has 0 bridgehead atoms.